The van der Waals surface area contributed by atoms with E-state index in [0.717, 1.165) is 11.0 Å². The molecule has 1 amide bonds. The number of phenolic OH excluding ortho intramolecular Hbond substituents is 1. The number of aromatic nitrogens is 2. The summed E-state index contributed by atoms with van der Waals surface area (Å²) in [5.74, 6) is -0.157. The molecule has 0 bridgehead atoms. The molecule has 0 unspecified atom stereocenters. The smallest absolute Gasteiger partial charge is 0.260 e. The van der Waals surface area contributed by atoms with E-state index in [0.29, 0.717) is 5.56 Å². The highest BCUT2D eigenvalue weighted by atomic mass is 16.3. The minimum absolute atomic E-state index is 0.112. The molecule has 0 aliphatic carbocycles. The van der Waals surface area contributed by atoms with E-state index >= 15 is 0 Å². The van der Waals surface area contributed by atoms with Gasteiger partial charge in [-0.15, -0.1) is 0 Å². The molecule has 22 heavy (non-hydrogen) atoms. The molecule has 0 atom stereocenters. The van der Waals surface area contributed by atoms with E-state index in [-0.39, 0.29) is 18.2 Å². The van der Waals surface area contributed by atoms with Gasteiger partial charge >= 0.3 is 0 Å². The van der Waals surface area contributed by atoms with Crippen LogP contribution < -0.4 is 5.43 Å². The van der Waals surface area contributed by atoms with Crippen molar-refractivity contribution in [2.45, 2.75) is 6.54 Å². The topological polar surface area (TPSA) is 79.5 Å². The molecule has 6 heteroatoms. The number of amides is 1. The summed E-state index contributed by atoms with van der Waals surface area (Å²) in [6.45, 7) is 0.124. The molecular weight excluding hydrogens is 280 g/mol. The summed E-state index contributed by atoms with van der Waals surface area (Å²) in [7, 11) is 0. The van der Waals surface area contributed by atoms with Crippen LogP contribution >= 0.6 is 0 Å². The lowest BCUT2D eigenvalue weighted by Crippen LogP contribution is -2.22. The SMILES string of the molecule is O=C(Cn1cnc2ccccc21)NN=Cc1ccccc1O. The minimum Gasteiger partial charge on any atom is -0.507 e. The van der Waals surface area contributed by atoms with E-state index in [1.54, 1.807) is 35.2 Å². The number of carbonyl (C=O) groups is 1. The first kappa shape index (κ1) is 13.8. The van der Waals surface area contributed by atoms with Gasteiger partial charge < -0.3 is 9.67 Å². The normalized spacial score (nSPS) is 11.1. The standard InChI is InChI=1S/C16H14N4O2/c21-15-8-4-1-5-12(15)9-18-19-16(22)10-20-11-17-13-6-2-3-7-14(13)20/h1-9,11,21H,10H2,(H,19,22). The summed E-state index contributed by atoms with van der Waals surface area (Å²) < 4.78 is 1.75. The van der Waals surface area contributed by atoms with Gasteiger partial charge in [0.2, 0.25) is 0 Å². The zero-order valence-corrected chi connectivity index (χ0v) is 11.7. The molecular formula is C16H14N4O2. The molecule has 0 aliphatic heterocycles. The number of hydrogen-bond donors (Lipinski definition) is 2. The summed E-state index contributed by atoms with van der Waals surface area (Å²) >= 11 is 0. The second kappa shape index (κ2) is 6.09. The van der Waals surface area contributed by atoms with E-state index in [2.05, 4.69) is 15.5 Å². The molecule has 3 rings (SSSR count). The van der Waals surface area contributed by atoms with Gasteiger partial charge in [-0.05, 0) is 24.3 Å². The molecule has 2 aromatic carbocycles. The summed E-state index contributed by atoms with van der Waals surface area (Å²) in [5.41, 5.74) is 4.70. The number of benzene rings is 2. The van der Waals surface area contributed by atoms with Crippen LogP contribution in [0.2, 0.25) is 0 Å². The zero-order valence-electron chi connectivity index (χ0n) is 11.7. The molecule has 0 spiro atoms. The Hall–Kier alpha value is -3.15. The van der Waals surface area contributed by atoms with Gasteiger partial charge in [0, 0.05) is 5.56 Å². The predicted molar refractivity (Wildman–Crippen MR) is 83.6 cm³/mol. The summed E-state index contributed by atoms with van der Waals surface area (Å²) in [4.78, 5) is 16.1. The van der Waals surface area contributed by atoms with Crippen molar-refractivity contribution < 1.29 is 9.90 Å². The lowest BCUT2D eigenvalue weighted by molar-refractivity contribution is -0.121. The van der Waals surface area contributed by atoms with Gasteiger partial charge in [0.15, 0.2) is 0 Å². The van der Waals surface area contributed by atoms with Crippen LogP contribution in [0.25, 0.3) is 11.0 Å². The fraction of sp³-hybridized carbons (Fsp3) is 0.0625. The van der Waals surface area contributed by atoms with Crippen molar-refractivity contribution in [1.29, 1.82) is 0 Å². The Kier molecular flexibility index (Phi) is 3.82. The number of hydrogen-bond acceptors (Lipinski definition) is 4. The Morgan fingerprint density at radius 3 is 2.86 bits per heavy atom. The van der Waals surface area contributed by atoms with Crippen molar-refractivity contribution in [2.75, 3.05) is 0 Å². The van der Waals surface area contributed by atoms with E-state index in [1.165, 1.54) is 6.21 Å². The molecule has 0 saturated carbocycles. The third-order valence-corrected chi connectivity index (χ3v) is 3.17. The molecule has 1 aromatic heterocycles. The third kappa shape index (κ3) is 2.95. The van der Waals surface area contributed by atoms with Gasteiger partial charge in [-0.2, -0.15) is 5.10 Å². The van der Waals surface area contributed by atoms with E-state index in [4.69, 9.17) is 0 Å². The predicted octanol–water partition coefficient (Wildman–Crippen LogP) is 1.89. The highest BCUT2D eigenvalue weighted by molar-refractivity contribution is 5.85. The molecule has 0 saturated heterocycles. The highest BCUT2D eigenvalue weighted by Crippen LogP contribution is 2.13. The number of aromatic hydroxyl groups is 1. The number of para-hydroxylation sites is 3. The second-order valence-electron chi connectivity index (χ2n) is 4.71. The van der Waals surface area contributed by atoms with Crippen molar-refractivity contribution in [3.8, 4) is 5.75 Å². The largest absolute Gasteiger partial charge is 0.507 e. The Morgan fingerprint density at radius 1 is 1.23 bits per heavy atom. The van der Waals surface area contributed by atoms with Crippen molar-refractivity contribution in [3.63, 3.8) is 0 Å². The summed E-state index contributed by atoms with van der Waals surface area (Å²) in [6.07, 6.45) is 3.02. The Balaban J connectivity index is 1.65. The Bertz CT molecular complexity index is 839. The highest BCUT2D eigenvalue weighted by Gasteiger charge is 2.05. The average Bonchev–Trinajstić information content (AvgIpc) is 2.92. The molecule has 2 N–H and O–H groups in total. The molecule has 0 fully saturated rings. The Labute approximate surface area is 126 Å². The number of nitrogens with one attached hydrogen (secondary N) is 1. The van der Waals surface area contributed by atoms with Crippen LogP contribution in [-0.4, -0.2) is 26.8 Å². The van der Waals surface area contributed by atoms with Gasteiger partial charge in [-0.1, -0.05) is 24.3 Å². The molecule has 3 aromatic rings. The monoisotopic (exact) mass is 294 g/mol. The average molecular weight is 294 g/mol. The maximum atomic E-state index is 11.9. The number of imidazole rings is 1. The van der Waals surface area contributed by atoms with Crippen LogP contribution in [0.3, 0.4) is 0 Å². The Morgan fingerprint density at radius 2 is 2.00 bits per heavy atom. The van der Waals surface area contributed by atoms with Crippen LogP contribution in [0.1, 0.15) is 5.56 Å². The van der Waals surface area contributed by atoms with E-state index in [1.807, 2.05) is 24.3 Å². The molecule has 6 nitrogen and oxygen atoms in total. The number of nitrogens with zero attached hydrogens (tertiary/aromatic N) is 3. The molecule has 1 heterocycles. The number of phenols is 1. The van der Waals surface area contributed by atoms with E-state index in [9.17, 15) is 9.90 Å². The van der Waals surface area contributed by atoms with E-state index < -0.39 is 0 Å². The first-order valence-electron chi connectivity index (χ1n) is 6.74. The lowest BCUT2D eigenvalue weighted by atomic mass is 10.2. The fourth-order valence-electron chi connectivity index (χ4n) is 2.10. The second-order valence-corrected chi connectivity index (χ2v) is 4.71. The maximum Gasteiger partial charge on any atom is 0.260 e. The zero-order chi connectivity index (χ0) is 15.4. The van der Waals surface area contributed by atoms with Gasteiger partial charge in [0.05, 0.1) is 23.6 Å². The van der Waals surface area contributed by atoms with Crippen molar-refractivity contribution >= 4 is 23.2 Å². The first-order chi connectivity index (χ1) is 10.7. The van der Waals surface area contributed by atoms with Gasteiger partial charge in [0.1, 0.15) is 12.3 Å². The maximum absolute atomic E-state index is 11.9. The number of hydrazone groups is 1. The first-order valence-corrected chi connectivity index (χ1v) is 6.74. The van der Waals surface area contributed by atoms with Crippen molar-refractivity contribution in [2.24, 2.45) is 5.10 Å². The van der Waals surface area contributed by atoms with Crippen LogP contribution in [0.5, 0.6) is 5.75 Å². The van der Waals surface area contributed by atoms with Crippen molar-refractivity contribution in [3.05, 3.63) is 60.4 Å². The molecule has 110 valence electrons. The fourth-order valence-corrected chi connectivity index (χ4v) is 2.10. The van der Waals surface area contributed by atoms with Crippen molar-refractivity contribution in [1.82, 2.24) is 15.0 Å². The molecule has 0 aliphatic rings. The van der Waals surface area contributed by atoms with Gasteiger partial charge in [-0.3, -0.25) is 4.79 Å². The van der Waals surface area contributed by atoms with Crippen LogP contribution in [0, 0.1) is 0 Å². The number of fused-ring (bicyclic) bond motifs is 1. The summed E-state index contributed by atoms with van der Waals surface area (Å²) in [6, 6.07) is 14.3. The quantitative estimate of drug-likeness (QED) is 0.569. The minimum atomic E-state index is -0.269. The van der Waals surface area contributed by atoms with Gasteiger partial charge in [0.25, 0.3) is 5.91 Å². The van der Waals surface area contributed by atoms with Crippen LogP contribution in [0.15, 0.2) is 60.0 Å². The third-order valence-electron chi connectivity index (χ3n) is 3.17. The number of rotatable bonds is 4. The summed E-state index contributed by atoms with van der Waals surface area (Å²) in [5, 5.41) is 13.4. The van der Waals surface area contributed by atoms with Gasteiger partial charge in [-0.25, -0.2) is 10.4 Å². The lowest BCUT2D eigenvalue weighted by Gasteiger charge is -2.03. The number of carbonyl (C=O) groups excluding carboxylic acids is 1. The molecule has 0 radical (unpaired) electrons. The van der Waals surface area contributed by atoms with Crippen LogP contribution in [-0.2, 0) is 11.3 Å². The van der Waals surface area contributed by atoms with Crippen LogP contribution in [0.4, 0.5) is 0 Å².